The number of hydrogen-bond acceptors (Lipinski definition) is 4. The monoisotopic (exact) mass is 343 g/mol. The number of carbonyl (C=O) groups is 3. The van der Waals surface area contributed by atoms with Crippen LogP contribution in [0.1, 0.15) is 25.8 Å². The maximum absolute atomic E-state index is 13.5. The quantitative estimate of drug-likeness (QED) is 0.701. The van der Waals surface area contributed by atoms with E-state index in [1.165, 1.54) is 6.92 Å². The van der Waals surface area contributed by atoms with Gasteiger partial charge in [-0.25, -0.2) is 13.6 Å². The molecule has 0 spiro atoms. The minimum absolute atomic E-state index is 0.0592. The fourth-order valence-corrected chi connectivity index (χ4v) is 2.11. The van der Waals surface area contributed by atoms with Gasteiger partial charge in [-0.15, -0.1) is 0 Å². The molecule has 2 N–H and O–H groups in total. The van der Waals surface area contributed by atoms with Crippen molar-refractivity contribution >= 4 is 17.8 Å². The van der Waals surface area contributed by atoms with E-state index in [1.807, 2.05) is 0 Å². The summed E-state index contributed by atoms with van der Waals surface area (Å²) in [7, 11) is 0. The van der Waals surface area contributed by atoms with Crippen LogP contribution >= 0.6 is 0 Å². The molecule has 8 heteroatoms. The molecule has 24 heavy (non-hydrogen) atoms. The number of nitrogens with one attached hydrogen (secondary N) is 1. The van der Waals surface area contributed by atoms with E-state index in [2.05, 4.69) is 5.32 Å². The Morgan fingerprint density at radius 1 is 1.29 bits per heavy atom. The zero-order valence-corrected chi connectivity index (χ0v) is 13.3. The smallest absolute Gasteiger partial charge is 0.326 e. The Balaban J connectivity index is 2.72. The number of carboxylic acid groups (broad SMARTS) is 1. The minimum atomic E-state index is -1.33. The van der Waals surface area contributed by atoms with Crippen molar-refractivity contribution in [2.45, 2.75) is 32.7 Å². The average molecular weight is 343 g/mol. The first-order chi connectivity index (χ1) is 11.2. The molecule has 0 bridgehead atoms. The highest BCUT2D eigenvalue weighted by Crippen LogP contribution is 2.13. The van der Waals surface area contributed by atoms with Crippen molar-refractivity contribution in [1.29, 1.82) is 0 Å². The molecule has 1 aromatic carbocycles. The number of carbonyl (C=O) groups excluding carboxylic acids is 2. The van der Waals surface area contributed by atoms with E-state index in [1.54, 1.807) is 6.92 Å². The normalized spacial score (nSPS) is 13.0. The number of aliphatic carboxylic acids is 1. The third-order valence-corrected chi connectivity index (χ3v) is 3.31. The van der Waals surface area contributed by atoms with Gasteiger partial charge in [0.25, 0.3) is 0 Å². The maximum Gasteiger partial charge on any atom is 0.326 e. The number of ether oxygens (including phenoxy) is 1. The molecule has 0 fully saturated rings. The van der Waals surface area contributed by atoms with Gasteiger partial charge in [0.15, 0.2) is 0 Å². The van der Waals surface area contributed by atoms with Crippen LogP contribution < -0.4 is 5.32 Å². The lowest BCUT2D eigenvalue weighted by Crippen LogP contribution is -2.46. The lowest BCUT2D eigenvalue weighted by atomic mass is 9.98. The molecular formula is C16H19F2NO5. The zero-order chi connectivity index (χ0) is 18.3. The van der Waals surface area contributed by atoms with Crippen molar-refractivity contribution in [3.63, 3.8) is 0 Å². The van der Waals surface area contributed by atoms with Crippen molar-refractivity contribution in [3.8, 4) is 0 Å². The first kappa shape index (κ1) is 19.5. The summed E-state index contributed by atoms with van der Waals surface area (Å²) < 4.78 is 31.1. The number of esters is 1. The fourth-order valence-electron chi connectivity index (χ4n) is 2.11. The van der Waals surface area contributed by atoms with E-state index in [0.29, 0.717) is 6.07 Å². The summed E-state index contributed by atoms with van der Waals surface area (Å²) >= 11 is 0. The Bertz CT molecular complexity index is 620. The summed E-state index contributed by atoms with van der Waals surface area (Å²) in [5, 5.41) is 11.4. The largest absolute Gasteiger partial charge is 0.480 e. The molecule has 1 aromatic rings. The van der Waals surface area contributed by atoms with Gasteiger partial charge >= 0.3 is 11.9 Å². The lowest BCUT2D eigenvalue weighted by Gasteiger charge is -2.20. The van der Waals surface area contributed by atoms with E-state index in [9.17, 15) is 28.3 Å². The summed E-state index contributed by atoms with van der Waals surface area (Å²) in [5.41, 5.74) is -0.0592. The van der Waals surface area contributed by atoms with Gasteiger partial charge in [0, 0.05) is 6.07 Å². The first-order valence-corrected chi connectivity index (χ1v) is 7.36. The minimum Gasteiger partial charge on any atom is -0.480 e. The zero-order valence-electron chi connectivity index (χ0n) is 13.3. The molecule has 0 saturated carbocycles. The molecule has 1 amide bonds. The van der Waals surface area contributed by atoms with E-state index in [0.717, 1.165) is 12.1 Å². The summed E-state index contributed by atoms with van der Waals surface area (Å²) in [5.74, 6) is -5.03. The van der Waals surface area contributed by atoms with Crippen LogP contribution in [-0.4, -0.2) is 35.6 Å². The van der Waals surface area contributed by atoms with Gasteiger partial charge in [-0.2, -0.15) is 0 Å². The second-order valence-electron chi connectivity index (χ2n) is 5.28. The van der Waals surface area contributed by atoms with Crippen molar-refractivity contribution in [2.24, 2.45) is 5.92 Å². The Morgan fingerprint density at radius 3 is 2.50 bits per heavy atom. The molecule has 0 unspecified atom stereocenters. The third-order valence-electron chi connectivity index (χ3n) is 3.31. The summed E-state index contributed by atoms with van der Waals surface area (Å²) in [6.45, 7) is 3.27. The third kappa shape index (κ3) is 5.94. The standard InChI is InChI=1S/C16H19F2NO5/c1-3-24-14(21)6-9(2)15(16(22)23)19-13(20)7-10-4-5-11(17)8-12(10)18/h4-5,8-9,15H,3,6-7H2,1-2H3,(H,19,20)(H,22,23)/t9-,15+/m0/s1. The molecule has 6 nitrogen and oxygen atoms in total. The topological polar surface area (TPSA) is 92.7 Å². The van der Waals surface area contributed by atoms with Crippen LogP contribution in [0, 0.1) is 17.6 Å². The van der Waals surface area contributed by atoms with Gasteiger partial charge < -0.3 is 15.2 Å². The van der Waals surface area contributed by atoms with E-state index >= 15 is 0 Å². The number of halogens is 2. The summed E-state index contributed by atoms with van der Waals surface area (Å²) in [6, 6.07) is 1.43. The average Bonchev–Trinajstić information content (AvgIpc) is 2.47. The number of rotatable bonds is 8. The Hall–Kier alpha value is -2.51. The molecule has 0 aliphatic carbocycles. The van der Waals surface area contributed by atoms with Crippen LogP contribution in [0.25, 0.3) is 0 Å². The van der Waals surface area contributed by atoms with E-state index in [-0.39, 0.29) is 18.6 Å². The fraction of sp³-hybridized carbons (Fsp3) is 0.438. The summed E-state index contributed by atoms with van der Waals surface area (Å²) in [4.78, 5) is 34.6. The first-order valence-electron chi connectivity index (χ1n) is 7.36. The van der Waals surface area contributed by atoms with Crippen molar-refractivity contribution in [3.05, 3.63) is 35.4 Å². The van der Waals surface area contributed by atoms with Crippen molar-refractivity contribution in [1.82, 2.24) is 5.32 Å². The van der Waals surface area contributed by atoms with Gasteiger partial charge in [-0.1, -0.05) is 13.0 Å². The van der Waals surface area contributed by atoms with Gasteiger partial charge in [0.2, 0.25) is 5.91 Å². The molecule has 2 atom stereocenters. The van der Waals surface area contributed by atoms with E-state index in [4.69, 9.17) is 4.74 Å². The number of amides is 1. The molecule has 0 aliphatic heterocycles. The Labute approximate surface area is 137 Å². The Morgan fingerprint density at radius 2 is 1.96 bits per heavy atom. The lowest BCUT2D eigenvalue weighted by molar-refractivity contribution is -0.147. The predicted molar refractivity (Wildman–Crippen MR) is 80.0 cm³/mol. The molecule has 0 radical (unpaired) electrons. The Kier molecular flexibility index (Phi) is 7.29. The number of carboxylic acids is 1. The molecule has 132 valence electrons. The molecule has 0 saturated heterocycles. The van der Waals surface area contributed by atoms with Crippen LogP contribution in [0.4, 0.5) is 8.78 Å². The van der Waals surface area contributed by atoms with E-state index < -0.39 is 47.9 Å². The van der Waals surface area contributed by atoms with Crippen LogP contribution in [0.2, 0.25) is 0 Å². The van der Waals surface area contributed by atoms with Gasteiger partial charge in [0.05, 0.1) is 19.4 Å². The molecule has 0 aliphatic rings. The number of hydrogen-bond donors (Lipinski definition) is 2. The maximum atomic E-state index is 13.5. The summed E-state index contributed by atoms with van der Waals surface area (Å²) in [6.07, 6.45) is -0.627. The highest BCUT2D eigenvalue weighted by molar-refractivity contribution is 5.85. The highest BCUT2D eigenvalue weighted by atomic mass is 19.1. The van der Waals surface area contributed by atoms with Crippen LogP contribution in [-0.2, 0) is 25.5 Å². The van der Waals surface area contributed by atoms with Crippen LogP contribution in [0.15, 0.2) is 18.2 Å². The molecule has 0 heterocycles. The second-order valence-corrected chi connectivity index (χ2v) is 5.28. The highest BCUT2D eigenvalue weighted by Gasteiger charge is 2.28. The van der Waals surface area contributed by atoms with Crippen LogP contribution in [0.3, 0.4) is 0 Å². The van der Waals surface area contributed by atoms with Gasteiger partial charge in [-0.3, -0.25) is 9.59 Å². The van der Waals surface area contributed by atoms with Crippen molar-refractivity contribution < 1.29 is 33.0 Å². The molecular weight excluding hydrogens is 324 g/mol. The SMILES string of the molecule is CCOC(=O)C[C@H](C)[C@@H](NC(=O)Cc1ccc(F)cc1F)C(=O)O. The van der Waals surface area contributed by atoms with Crippen molar-refractivity contribution in [2.75, 3.05) is 6.61 Å². The van der Waals surface area contributed by atoms with Gasteiger partial charge in [-0.05, 0) is 24.5 Å². The molecule has 0 aromatic heterocycles. The molecule has 1 rings (SSSR count). The predicted octanol–water partition coefficient (Wildman–Crippen LogP) is 1.67. The van der Waals surface area contributed by atoms with Gasteiger partial charge in [0.1, 0.15) is 17.7 Å². The van der Waals surface area contributed by atoms with Crippen LogP contribution in [0.5, 0.6) is 0 Å². The number of benzene rings is 1. The second kappa shape index (κ2) is 8.95.